The second-order valence-corrected chi connectivity index (χ2v) is 10.4. The highest BCUT2D eigenvalue weighted by atomic mass is 35.5. The van der Waals surface area contributed by atoms with Gasteiger partial charge in [0.15, 0.2) is 0 Å². The van der Waals surface area contributed by atoms with E-state index in [9.17, 15) is 9.59 Å². The van der Waals surface area contributed by atoms with Crippen LogP contribution in [0.15, 0.2) is 24.4 Å². The van der Waals surface area contributed by atoms with Gasteiger partial charge in [-0.15, -0.1) is 11.3 Å². The number of rotatable bonds is 6. The van der Waals surface area contributed by atoms with Gasteiger partial charge in [-0.1, -0.05) is 43.5 Å². The SMILES string of the molecule is CCCCCc1ccc2c(c1)C1(CCN(C(C)=O)C1)CN2C(=O)Cc1ncc(Cl)s1.O=S=O. The minimum absolute atomic E-state index is 0.0409. The van der Waals surface area contributed by atoms with Gasteiger partial charge in [-0.25, -0.2) is 4.98 Å². The number of aromatic nitrogens is 1. The molecule has 1 unspecified atom stereocenters. The summed E-state index contributed by atoms with van der Waals surface area (Å²) in [5, 5.41) is 0.737. The Bertz CT molecular complexity index is 1050. The number of carbonyl (C=O) groups is 2. The van der Waals surface area contributed by atoms with Crippen molar-refractivity contribution in [2.24, 2.45) is 0 Å². The van der Waals surface area contributed by atoms with E-state index in [-0.39, 0.29) is 23.7 Å². The first-order valence-corrected chi connectivity index (χ1v) is 12.9. The van der Waals surface area contributed by atoms with Gasteiger partial charge >= 0.3 is 11.6 Å². The summed E-state index contributed by atoms with van der Waals surface area (Å²) in [6, 6.07) is 6.56. The van der Waals surface area contributed by atoms with Crippen molar-refractivity contribution in [3.05, 3.63) is 44.9 Å². The molecule has 4 rings (SSSR count). The Morgan fingerprint density at radius 2 is 2.00 bits per heavy atom. The number of likely N-dealkylation sites (tertiary alicyclic amines) is 1. The Hall–Kier alpha value is -2.10. The highest BCUT2D eigenvalue weighted by Crippen LogP contribution is 2.47. The van der Waals surface area contributed by atoms with Crippen LogP contribution in [0.4, 0.5) is 5.69 Å². The molecule has 1 fully saturated rings. The Morgan fingerprint density at radius 1 is 1.24 bits per heavy atom. The van der Waals surface area contributed by atoms with Crippen molar-refractivity contribution < 1.29 is 18.0 Å². The zero-order valence-electron chi connectivity index (χ0n) is 18.8. The van der Waals surface area contributed by atoms with E-state index in [4.69, 9.17) is 20.0 Å². The molecule has 2 amide bonds. The summed E-state index contributed by atoms with van der Waals surface area (Å²) in [5.74, 6) is 0.147. The lowest BCUT2D eigenvalue weighted by Gasteiger charge is -2.25. The zero-order valence-corrected chi connectivity index (χ0v) is 21.2. The van der Waals surface area contributed by atoms with Gasteiger partial charge in [-0.3, -0.25) is 9.59 Å². The zero-order chi connectivity index (χ0) is 24.0. The topological polar surface area (TPSA) is 87.7 Å². The normalized spacial score (nSPS) is 18.8. The number of halogens is 1. The summed E-state index contributed by atoms with van der Waals surface area (Å²) in [5.41, 5.74) is 3.37. The number of nitrogens with zero attached hydrogens (tertiary/aromatic N) is 3. The van der Waals surface area contributed by atoms with Gasteiger partial charge < -0.3 is 9.80 Å². The molecule has 0 aliphatic carbocycles. The number of benzene rings is 1. The molecule has 7 nitrogen and oxygen atoms in total. The van der Waals surface area contributed by atoms with E-state index in [0.29, 0.717) is 17.4 Å². The molecule has 10 heteroatoms. The number of thiazole rings is 1. The number of fused-ring (bicyclic) bond motifs is 2. The van der Waals surface area contributed by atoms with Crippen LogP contribution in [0.1, 0.15) is 55.7 Å². The number of unbranched alkanes of at least 4 members (excludes halogenated alkanes) is 2. The Labute approximate surface area is 206 Å². The van der Waals surface area contributed by atoms with Crippen molar-refractivity contribution in [2.45, 2.75) is 57.8 Å². The number of carbonyl (C=O) groups excluding carboxylic acids is 2. The summed E-state index contributed by atoms with van der Waals surface area (Å²) >= 11 is 6.59. The Kier molecular flexibility index (Phi) is 8.78. The van der Waals surface area contributed by atoms with Crippen molar-refractivity contribution >= 4 is 52.0 Å². The minimum atomic E-state index is -0.750. The predicted octanol–water partition coefficient (Wildman–Crippen LogP) is 3.94. The van der Waals surface area contributed by atoms with Crippen LogP contribution in [0.5, 0.6) is 0 Å². The van der Waals surface area contributed by atoms with Gasteiger partial charge in [0.2, 0.25) is 11.8 Å². The molecule has 0 radical (unpaired) electrons. The molecule has 1 spiro atoms. The molecule has 2 aliphatic rings. The molecule has 2 aromatic rings. The minimum Gasteiger partial charge on any atom is -0.342 e. The Morgan fingerprint density at radius 3 is 2.61 bits per heavy atom. The molecular formula is C23H28ClN3O4S2. The smallest absolute Gasteiger partial charge is 0.335 e. The molecular weight excluding hydrogens is 482 g/mol. The van der Waals surface area contributed by atoms with Crippen LogP contribution >= 0.6 is 22.9 Å². The molecule has 1 aromatic heterocycles. The maximum Gasteiger partial charge on any atom is 0.335 e. The maximum absolute atomic E-state index is 13.2. The van der Waals surface area contributed by atoms with Crippen LogP contribution in [0.2, 0.25) is 4.34 Å². The maximum atomic E-state index is 13.2. The highest BCUT2D eigenvalue weighted by Gasteiger charge is 2.49. The first-order valence-electron chi connectivity index (χ1n) is 11.0. The van der Waals surface area contributed by atoms with Gasteiger partial charge in [0.05, 0.1) is 12.6 Å². The van der Waals surface area contributed by atoms with Crippen LogP contribution in [0.25, 0.3) is 0 Å². The van der Waals surface area contributed by atoms with Crippen LogP contribution in [-0.2, 0) is 39.4 Å². The van der Waals surface area contributed by atoms with E-state index in [1.165, 1.54) is 41.7 Å². The van der Waals surface area contributed by atoms with Crippen molar-refractivity contribution in [3.63, 3.8) is 0 Å². The number of hydrogen-bond acceptors (Lipinski definition) is 6. The van der Waals surface area contributed by atoms with Crippen molar-refractivity contribution in [1.29, 1.82) is 0 Å². The molecule has 33 heavy (non-hydrogen) atoms. The van der Waals surface area contributed by atoms with Crippen LogP contribution in [0, 0.1) is 0 Å². The van der Waals surface area contributed by atoms with Gasteiger partial charge in [-0.05, 0) is 36.5 Å². The molecule has 0 bridgehead atoms. The van der Waals surface area contributed by atoms with Crippen molar-refractivity contribution in [3.8, 4) is 0 Å². The van der Waals surface area contributed by atoms with E-state index in [2.05, 4.69) is 30.1 Å². The average Bonchev–Trinajstić information content (AvgIpc) is 3.48. The summed E-state index contributed by atoms with van der Waals surface area (Å²) in [4.78, 5) is 33.3. The van der Waals surface area contributed by atoms with Crippen molar-refractivity contribution in [2.75, 3.05) is 24.5 Å². The fraction of sp³-hybridized carbons (Fsp3) is 0.522. The fourth-order valence-electron chi connectivity index (χ4n) is 4.76. The molecule has 2 aliphatic heterocycles. The third-order valence-corrected chi connectivity index (χ3v) is 7.50. The molecule has 1 aromatic carbocycles. The third-order valence-electron chi connectivity index (χ3n) is 6.38. The lowest BCUT2D eigenvalue weighted by molar-refractivity contribution is -0.127. The highest BCUT2D eigenvalue weighted by molar-refractivity contribution is 7.51. The lowest BCUT2D eigenvalue weighted by atomic mass is 9.80. The summed E-state index contributed by atoms with van der Waals surface area (Å²) in [7, 11) is 0. The summed E-state index contributed by atoms with van der Waals surface area (Å²) in [6.07, 6.45) is 7.40. The van der Waals surface area contributed by atoms with E-state index in [1.54, 1.807) is 13.1 Å². The molecule has 178 valence electrons. The number of amides is 2. The number of anilines is 1. The number of aryl methyl sites for hydroxylation is 1. The molecule has 1 saturated heterocycles. The molecule has 0 N–H and O–H groups in total. The molecule has 3 heterocycles. The quantitative estimate of drug-likeness (QED) is 0.550. The van der Waals surface area contributed by atoms with Gasteiger partial charge in [0.1, 0.15) is 9.34 Å². The third kappa shape index (κ3) is 5.88. The van der Waals surface area contributed by atoms with Crippen LogP contribution in [-0.4, -0.2) is 49.8 Å². The van der Waals surface area contributed by atoms with Gasteiger partial charge in [0, 0.05) is 37.7 Å². The number of hydrogen-bond donors (Lipinski definition) is 0. The second kappa shape index (κ2) is 11.4. The lowest BCUT2D eigenvalue weighted by Crippen LogP contribution is -2.40. The standard InChI is InChI=1S/C23H28ClN3O2S.O2S/c1-3-4-5-6-17-7-8-19-18(11-17)23(9-10-26(14-23)16(2)28)15-27(19)22(29)12-21-25-13-20(24)30-21;1-3-2/h7-8,11,13H,3-6,9-10,12,14-15H2,1-2H3;. The molecule has 0 saturated carbocycles. The monoisotopic (exact) mass is 509 g/mol. The summed E-state index contributed by atoms with van der Waals surface area (Å²) in [6.45, 7) is 5.90. The van der Waals surface area contributed by atoms with E-state index in [0.717, 1.165) is 30.1 Å². The second-order valence-electron chi connectivity index (χ2n) is 8.56. The first-order chi connectivity index (χ1) is 15.8. The van der Waals surface area contributed by atoms with Crippen LogP contribution in [0.3, 0.4) is 0 Å². The first kappa shape index (κ1) is 25.5. The average molecular weight is 510 g/mol. The van der Waals surface area contributed by atoms with Crippen LogP contribution < -0.4 is 4.90 Å². The summed E-state index contributed by atoms with van der Waals surface area (Å²) < 4.78 is 17.2. The van der Waals surface area contributed by atoms with Gasteiger partial charge in [0.25, 0.3) is 0 Å². The van der Waals surface area contributed by atoms with E-state index < -0.39 is 11.6 Å². The van der Waals surface area contributed by atoms with Crippen molar-refractivity contribution in [1.82, 2.24) is 9.88 Å². The predicted molar refractivity (Wildman–Crippen MR) is 130 cm³/mol. The van der Waals surface area contributed by atoms with Gasteiger partial charge in [-0.2, -0.15) is 8.42 Å². The van der Waals surface area contributed by atoms with E-state index in [1.807, 2.05) is 9.80 Å². The largest absolute Gasteiger partial charge is 0.342 e. The molecule has 1 atom stereocenters. The Balaban J connectivity index is 0.000000968. The van der Waals surface area contributed by atoms with E-state index >= 15 is 0 Å². The fourth-order valence-corrected chi connectivity index (χ4v) is 5.71.